The molecule has 0 fully saturated rings. The van der Waals surface area contributed by atoms with Gasteiger partial charge in [0.2, 0.25) is 5.13 Å². The monoisotopic (exact) mass is 492 g/mol. The van der Waals surface area contributed by atoms with Crippen LogP contribution >= 0.6 is 11.3 Å². The second-order valence-corrected chi connectivity index (χ2v) is 8.79. The maximum atomic E-state index is 12.5. The summed E-state index contributed by atoms with van der Waals surface area (Å²) in [6, 6.07) is 13.1. The van der Waals surface area contributed by atoms with Crippen LogP contribution in [0.15, 0.2) is 42.0 Å². The predicted molar refractivity (Wildman–Crippen MR) is 136 cm³/mol. The number of aromatic nitrogens is 2. The minimum atomic E-state index is -0.547. The van der Waals surface area contributed by atoms with E-state index in [2.05, 4.69) is 22.4 Å². The van der Waals surface area contributed by atoms with Crippen molar-refractivity contribution in [2.45, 2.75) is 33.6 Å². The molecule has 3 rings (SSSR count). The number of carbonyl (C=O) groups is 1. The van der Waals surface area contributed by atoms with E-state index >= 15 is 0 Å². The Labute approximate surface area is 209 Å². The van der Waals surface area contributed by atoms with E-state index in [-0.39, 0.29) is 5.57 Å². The Bertz CT molecular complexity index is 1250. The third-order valence-electron chi connectivity index (χ3n) is 5.10. The van der Waals surface area contributed by atoms with E-state index in [4.69, 9.17) is 14.2 Å². The fourth-order valence-corrected chi connectivity index (χ4v) is 3.94. The number of nitrogens with zero attached hydrogens (tertiary/aromatic N) is 3. The van der Waals surface area contributed by atoms with Crippen molar-refractivity contribution in [2.24, 2.45) is 0 Å². The molecule has 1 aromatic heterocycles. The largest absolute Gasteiger partial charge is 0.493 e. The van der Waals surface area contributed by atoms with Gasteiger partial charge in [0.25, 0.3) is 5.91 Å². The molecule has 2 aromatic carbocycles. The molecule has 1 heterocycles. The Kier molecular flexibility index (Phi) is 9.21. The Morgan fingerprint density at radius 1 is 1.09 bits per heavy atom. The van der Waals surface area contributed by atoms with E-state index < -0.39 is 5.91 Å². The molecule has 0 spiro atoms. The van der Waals surface area contributed by atoms with Crippen molar-refractivity contribution < 1.29 is 19.0 Å². The maximum Gasteiger partial charge on any atom is 0.268 e. The first kappa shape index (κ1) is 25.7. The number of amides is 1. The summed E-state index contributed by atoms with van der Waals surface area (Å²) in [5.74, 6) is 1.26. The second kappa shape index (κ2) is 12.5. The van der Waals surface area contributed by atoms with Gasteiger partial charge in [0, 0.05) is 6.42 Å². The standard InChI is InChI=1S/C26H28N4O4S/c1-5-6-24-29-30-26(35-24)28-25(31)20(16-27)14-19-8-10-22(23(15-19)32-4)34-12-11-33-21-9-7-17(2)18(3)13-21/h7-10,13-15H,5-6,11-12H2,1-4H3,(H,28,30,31)/b20-14-. The molecule has 0 saturated heterocycles. The van der Waals surface area contributed by atoms with Crippen LogP contribution in [0, 0.1) is 25.2 Å². The fraction of sp³-hybridized carbons (Fsp3) is 0.308. The molecule has 1 amide bonds. The zero-order chi connectivity index (χ0) is 25.2. The van der Waals surface area contributed by atoms with Crippen LogP contribution in [0.5, 0.6) is 17.2 Å². The molecule has 0 atom stereocenters. The molecule has 3 aromatic rings. The number of ether oxygens (including phenoxy) is 3. The molecule has 0 saturated carbocycles. The molecule has 0 aliphatic carbocycles. The van der Waals surface area contributed by atoms with Crippen molar-refractivity contribution in [1.29, 1.82) is 5.26 Å². The van der Waals surface area contributed by atoms with Gasteiger partial charge >= 0.3 is 0 Å². The zero-order valence-corrected chi connectivity index (χ0v) is 21.1. The first-order valence-electron chi connectivity index (χ1n) is 11.2. The quantitative estimate of drug-likeness (QED) is 0.225. The molecule has 0 aliphatic heterocycles. The van der Waals surface area contributed by atoms with Gasteiger partial charge in [0.1, 0.15) is 35.6 Å². The topological polar surface area (TPSA) is 106 Å². The lowest BCUT2D eigenvalue weighted by molar-refractivity contribution is -0.112. The van der Waals surface area contributed by atoms with Gasteiger partial charge in [0.05, 0.1) is 7.11 Å². The van der Waals surface area contributed by atoms with Gasteiger partial charge in [0.15, 0.2) is 11.5 Å². The number of anilines is 1. The summed E-state index contributed by atoms with van der Waals surface area (Å²) in [5, 5.41) is 21.3. The smallest absolute Gasteiger partial charge is 0.268 e. The van der Waals surface area contributed by atoms with E-state index in [9.17, 15) is 10.1 Å². The SMILES string of the molecule is CCCc1nnc(NC(=O)/C(C#N)=C\c2ccc(OCCOc3ccc(C)c(C)c3)c(OC)c2)s1. The lowest BCUT2D eigenvalue weighted by Gasteiger charge is -2.13. The Morgan fingerprint density at radius 3 is 2.60 bits per heavy atom. The average Bonchev–Trinajstić information content (AvgIpc) is 3.29. The highest BCUT2D eigenvalue weighted by atomic mass is 32.1. The number of aryl methyl sites for hydroxylation is 3. The van der Waals surface area contributed by atoms with Gasteiger partial charge in [-0.2, -0.15) is 5.26 Å². The molecule has 8 nitrogen and oxygen atoms in total. The number of hydrogen-bond acceptors (Lipinski definition) is 8. The van der Waals surface area contributed by atoms with Gasteiger partial charge < -0.3 is 14.2 Å². The van der Waals surface area contributed by atoms with Crippen molar-refractivity contribution >= 4 is 28.5 Å². The number of methoxy groups -OCH3 is 1. The van der Waals surface area contributed by atoms with Crippen LogP contribution in [0.25, 0.3) is 6.08 Å². The third-order valence-corrected chi connectivity index (χ3v) is 6.00. The fourth-order valence-electron chi connectivity index (χ4n) is 3.11. The highest BCUT2D eigenvalue weighted by Gasteiger charge is 2.14. The normalized spacial score (nSPS) is 11.0. The van der Waals surface area contributed by atoms with Gasteiger partial charge in [-0.05, 0) is 67.3 Å². The van der Waals surface area contributed by atoms with Crippen molar-refractivity contribution in [3.63, 3.8) is 0 Å². The van der Waals surface area contributed by atoms with E-state index in [0.717, 1.165) is 23.6 Å². The average molecular weight is 493 g/mol. The van der Waals surface area contributed by atoms with E-state index in [0.29, 0.717) is 35.4 Å². The predicted octanol–water partition coefficient (Wildman–Crippen LogP) is 5.12. The summed E-state index contributed by atoms with van der Waals surface area (Å²) in [7, 11) is 1.53. The molecule has 35 heavy (non-hydrogen) atoms. The van der Waals surface area contributed by atoms with Gasteiger partial charge in [-0.25, -0.2) is 0 Å². The minimum Gasteiger partial charge on any atom is -0.493 e. The second-order valence-electron chi connectivity index (χ2n) is 7.73. The highest BCUT2D eigenvalue weighted by molar-refractivity contribution is 7.15. The molecule has 0 bridgehead atoms. The van der Waals surface area contributed by atoms with Crippen LogP contribution in [0.4, 0.5) is 5.13 Å². The lowest BCUT2D eigenvalue weighted by Crippen LogP contribution is -2.13. The van der Waals surface area contributed by atoms with E-state index in [1.807, 2.05) is 38.1 Å². The number of nitriles is 1. The summed E-state index contributed by atoms with van der Waals surface area (Å²) in [4.78, 5) is 12.5. The zero-order valence-electron chi connectivity index (χ0n) is 20.3. The van der Waals surface area contributed by atoms with Crippen molar-refractivity contribution in [2.75, 3.05) is 25.6 Å². The van der Waals surface area contributed by atoms with Crippen LogP contribution in [-0.4, -0.2) is 36.4 Å². The van der Waals surface area contributed by atoms with E-state index in [1.54, 1.807) is 18.2 Å². The maximum absolute atomic E-state index is 12.5. The van der Waals surface area contributed by atoms with Crippen LogP contribution < -0.4 is 19.5 Å². The molecule has 9 heteroatoms. The number of carbonyl (C=O) groups excluding carboxylic acids is 1. The Hall–Kier alpha value is -3.90. The van der Waals surface area contributed by atoms with Gasteiger partial charge in [-0.1, -0.05) is 30.4 Å². The van der Waals surface area contributed by atoms with E-state index in [1.165, 1.54) is 35.6 Å². The van der Waals surface area contributed by atoms with Crippen LogP contribution in [-0.2, 0) is 11.2 Å². The third kappa shape index (κ3) is 7.29. The number of benzene rings is 2. The Morgan fingerprint density at radius 2 is 1.89 bits per heavy atom. The van der Waals surface area contributed by atoms with Crippen molar-refractivity contribution in [3.05, 3.63) is 63.7 Å². The summed E-state index contributed by atoms with van der Waals surface area (Å²) in [6.07, 6.45) is 3.21. The highest BCUT2D eigenvalue weighted by Crippen LogP contribution is 2.29. The number of hydrogen-bond donors (Lipinski definition) is 1. The Balaban J connectivity index is 1.61. The number of rotatable bonds is 11. The molecule has 0 aliphatic rings. The first-order valence-corrected chi connectivity index (χ1v) is 12.0. The van der Waals surface area contributed by atoms with Crippen LogP contribution in [0.2, 0.25) is 0 Å². The lowest BCUT2D eigenvalue weighted by atomic mass is 10.1. The molecular weight excluding hydrogens is 464 g/mol. The minimum absolute atomic E-state index is 0.0604. The van der Waals surface area contributed by atoms with Crippen LogP contribution in [0.1, 0.15) is 35.0 Å². The molecule has 1 N–H and O–H groups in total. The molecule has 0 radical (unpaired) electrons. The summed E-state index contributed by atoms with van der Waals surface area (Å²) in [6.45, 7) is 6.84. The molecule has 0 unspecified atom stereocenters. The summed E-state index contributed by atoms with van der Waals surface area (Å²) < 4.78 is 17.0. The van der Waals surface area contributed by atoms with Gasteiger partial charge in [-0.15, -0.1) is 10.2 Å². The van der Waals surface area contributed by atoms with Crippen LogP contribution in [0.3, 0.4) is 0 Å². The summed E-state index contributed by atoms with van der Waals surface area (Å²) >= 11 is 1.30. The molecule has 182 valence electrons. The summed E-state index contributed by atoms with van der Waals surface area (Å²) in [5.41, 5.74) is 2.94. The molecular formula is C26H28N4O4S. The first-order chi connectivity index (χ1) is 16.9. The number of nitrogens with one attached hydrogen (secondary N) is 1. The van der Waals surface area contributed by atoms with Crippen molar-refractivity contribution in [1.82, 2.24) is 10.2 Å². The van der Waals surface area contributed by atoms with Crippen molar-refractivity contribution in [3.8, 4) is 23.3 Å². The van der Waals surface area contributed by atoms with Gasteiger partial charge in [-0.3, -0.25) is 10.1 Å².